The van der Waals surface area contributed by atoms with Crippen LogP contribution in [0.4, 0.5) is 0 Å². The summed E-state index contributed by atoms with van der Waals surface area (Å²) in [5.74, 6) is -0.239. The third kappa shape index (κ3) is 4.40. The van der Waals surface area contributed by atoms with Crippen LogP contribution in [-0.4, -0.2) is 52.6 Å². The third-order valence-corrected chi connectivity index (χ3v) is 4.34. The molecular weight excluding hydrogens is 362 g/mol. The molecule has 0 saturated carbocycles. The molecule has 2 N–H and O–H groups in total. The van der Waals surface area contributed by atoms with Crippen LogP contribution in [0.1, 0.15) is 11.1 Å². The summed E-state index contributed by atoms with van der Waals surface area (Å²) in [6.45, 7) is -0.280. The van der Waals surface area contributed by atoms with E-state index >= 15 is 0 Å². The molecule has 3 rings (SSSR count). The van der Waals surface area contributed by atoms with Gasteiger partial charge < -0.3 is 24.5 Å². The number of methoxy groups -OCH3 is 2. The molecule has 8 nitrogen and oxygen atoms in total. The number of carbonyl (C=O) groups is 2. The van der Waals surface area contributed by atoms with E-state index in [1.165, 1.54) is 19.1 Å². The van der Waals surface area contributed by atoms with Crippen LogP contribution in [0.2, 0.25) is 0 Å². The van der Waals surface area contributed by atoms with Gasteiger partial charge in [0.2, 0.25) is 5.91 Å². The fraction of sp³-hybridized carbons (Fsp3) is 0.250. The number of amides is 1. The topological polar surface area (TPSA) is 105 Å². The number of H-pyrrole nitrogens is 1. The summed E-state index contributed by atoms with van der Waals surface area (Å²) >= 11 is 0. The predicted molar refractivity (Wildman–Crippen MR) is 102 cm³/mol. The lowest BCUT2D eigenvalue weighted by Gasteiger charge is -2.21. The molecule has 3 aromatic rings. The maximum Gasteiger partial charge on any atom is 0.323 e. The molecule has 0 radical (unpaired) electrons. The van der Waals surface area contributed by atoms with Crippen LogP contribution in [0.25, 0.3) is 11.0 Å². The zero-order valence-corrected chi connectivity index (χ0v) is 15.6. The molecule has 0 unspecified atom stereocenters. The minimum Gasteiger partial charge on any atom is -0.497 e. The monoisotopic (exact) mass is 383 g/mol. The first-order valence-corrected chi connectivity index (χ1v) is 8.62. The maximum absolute atomic E-state index is 12.9. The summed E-state index contributed by atoms with van der Waals surface area (Å²) in [5, 5.41) is 10.1. The lowest BCUT2D eigenvalue weighted by atomic mass is 10.1. The van der Waals surface area contributed by atoms with E-state index in [1.54, 1.807) is 36.7 Å². The Bertz CT molecular complexity index is 976. The highest BCUT2D eigenvalue weighted by Crippen LogP contribution is 2.24. The Balaban J connectivity index is 1.83. The number of carboxylic acid groups (broad SMARTS) is 1. The van der Waals surface area contributed by atoms with Crippen molar-refractivity contribution in [3.05, 3.63) is 53.9 Å². The van der Waals surface area contributed by atoms with Crippen molar-refractivity contribution >= 4 is 22.9 Å². The van der Waals surface area contributed by atoms with Crippen LogP contribution in [0.3, 0.4) is 0 Å². The molecular formula is C20H21N3O5. The first-order valence-electron chi connectivity index (χ1n) is 8.62. The third-order valence-electron chi connectivity index (χ3n) is 4.34. The molecule has 2 aromatic heterocycles. The van der Waals surface area contributed by atoms with Crippen LogP contribution in [0, 0.1) is 0 Å². The van der Waals surface area contributed by atoms with Gasteiger partial charge in [0.15, 0.2) is 0 Å². The van der Waals surface area contributed by atoms with Gasteiger partial charge in [-0.3, -0.25) is 9.59 Å². The van der Waals surface area contributed by atoms with E-state index in [2.05, 4.69) is 9.97 Å². The summed E-state index contributed by atoms with van der Waals surface area (Å²) in [5.41, 5.74) is 2.17. The van der Waals surface area contributed by atoms with Gasteiger partial charge in [-0.05, 0) is 35.4 Å². The van der Waals surface area contributed by atoms with Gasteiger partial charge in [0.1, 0.15) is 23.7 Å². The Morgan fingerprint density at radius 2 is 1.89 bits per heavy atom. The van der Waals surface area contributed by atoms with Crippen molar-refractivity contribution in [2.75, 3.05) is 20.8 Å². The van der Waals surface area contributed by atoms with Crippen LogP contribution < -0.4 is 9.47 Å². The molecule has 0 aliphatic carbocycles. The quantitative estimate of drug-likeness (QED) is 0.618. The van der Waals surface area contributed by atoms with Gasteiger partial charge in [0, 0.05) is 30.4 Å². The number of ether oxygens (including phenoxy) is 2. The Morgan fingerprint density at radius 3 is 2.54 bits per heavy atom. The summed E-state index contributed by atoms with van der Waals surface area (Å²) in [6.07, 6.45) is 3.46. The number of carboxylic acids is 1. The molecule has 146 valence electrons. The van der Waals surface area contributed by atoms with E-state index in [1.807, 2.05) is 6.07 Å². The van der Waals surface area contributed by atoms with Crippen molar-refractivity contribution in [2.24, 2.45) is 0 Å². The second-order valence-electron chi connectivity index (χ2n) is 6.25. The van der Waals surface area contributed by atoms with Crippen molar-refractivity contribution in [1.82, 2.24) is 14.9 Å². The highest BCUT2D eigenvalue weighted by atomic mass is 16.5. The number of rotatable bonds is 8. The Kier molecular flexibility index (Phi) is 5.78. The van der Waals surface area contributed by atoms with E-state index in [0.717, 1.165) is 10.9 Å². The molecule has 0 fully saturated rings. The van der Waals surface area contributed by atoms with Crippen molar-refractivity contribution in [2.45, 2.75) is 13.0 Å². The average molecular weight is 383 g/mol. The molecule has 0 atom stereocenters. The van der Waals surface area contributed by atoms with Gasteiger partial charge >= 0.3 is 5.97 Å². The molecule has 0 aliphatic rings. The van der Waals surface area contributed by atoms with Crippen LogP contribution in [0.5, 0.6) is 11.5 Å². The van der Waals surface area contributed by atoms with Gasteiger partial charge in [0.05, 0.1) is 20.6 Å². The first kappa shape index (κ1) is 19.2. The highest BCUT2D eigenvalue weighted by Gasteiger charge is 2.20. The standard InChI is InChI=1S/C20H21N3O5/c1-27-15-6-13(7-16(9-15)28-2)11-23(12-19(25)26)18(24)8-14-10-22-20-17(14)4-3-5-21-20/h3-7,9-10H,8,11-12H2,1-2H3,(H,21,22)(H,25,26). The number of fused-ring (bicyclic) bond motifs is 1. The minimum absolute atomic E-state index is 0.0695. The molecule has 0 bridgehead atoms. The van der Waals surface area contributed by atoms with Crippen molar-refractivity contribution in [3.63, 3.8) is 0 Å². The largest absolute Gasteiger partial charge is 0.497 e. The molecule has 1 amide bonds. The molecule has 0 spiro atoms. The van der Waals surface area contributed by atoms with E-state index < -0.39 is 12.5 Å². The van der Waals surface area contributed by atoms with Crippen molar-refractivity contribution < 1.29 is 24.2 Å². The summed E-state index contributed by atoms with van der Waals surface area (Å²) in [4.78, 5) is 32.7. The number of benzene rings is 1. The fourth-order valence-corrected chi connectivity index (χ4v) is 3.01. The Morgan fingerprint density at radius 1 is 1.18 bits per heavy atom. The number of aliphatic carboxylic acids is 1. The molecule has 0 aliphatic heterocycles. The predicted octanol–water partition coefficient (Wildman–Crippen LogP) is 2.24. The van der Waals surface area contributed by atoms with Gasteiger partial charge in [-0.15, -0.1) is 0 Å². The highest BCUT2D eigenvalue weighted by molar-refractivity contribution is 5.88. The number of hydrogen-bond acceptors (Lipinski definition) is 5. The van der Waals surface area contributed by atoms with Crippen LogP contribution >= 0.6 is 0 Å². The van der Waals surface area contributed by atoms with Crippen molar-refractivity contribution in [1.29, 1.82) is 0 Å². The second-order valence-corrected chi connectivity index (χ2v) is 6.25. The van der Waals surface area contributed by atoms with E-state index in [9.17, 15) is 14.7 Å². The number of aromatic nitrogens is 2. The molecule has 28 heavy (non-hydrogen) atoms. The number of hydrogen-bond donors (Lipinski definition) is 2. The van der Waals surface area contributed by atoms with Crippen LogP contribution in [-0.2, 0) is 22.6 Å². The minimum atomic E-state index is -1.08. The zero-order valence-electron chi connectivity index (χ0n) is 15.6. The Hall–Kier alpha value is -3.55. The SMILES string of the molecule is COc1cc(CN(CC(=O)O)C(=O)Cc2c[nH]c3ncccc23)cc(OC)c1. The molecule has 0 saturated heterocycles. The van der Waals surface area contributed by atoms with Crippen molar-refractivity contribution in [3.8, 4) is 11.5 Å². The van der Waals surface area contributed by atoms with E-state index in [-0.39, 0.29) is 18.9 Å². The summed E-state index contributed by atoms with van der Waals surface area (Å²) in [6, 6.07) is 8.88. The number of aromatic amines is 1. The number of carbonyl (C=O) groups excluding carboxylic acids is 1. The van der Waals surface area contributed by atoms with Crippen LogP contribution in [0.15, 0.2) is 42.7 Å². The first-order chi connectivity index (χ1) is 13.5. The number of pyridine rings is 1. The van der Waals surface area contributed by atoms with Gasteiger partial charge in [-0.1, -0.05) is 0 Å². The zero-order chi connectivity index (χ0) is 20.1. The lowest BCUT2D eigenvalue weighted by Crippen LogP contribution is -2.36. The van der Waals surface area contributed by atoms with Gasteiger partial charge in [0.25, 0.3) is 0 Å². The average Bonchev–Trinajstić information content (AvgIpc) is 3.09. The maximum atomic E-state index is 12.9. The van der Waals surface area contributed by atoms with Gasteiger partial charge in [-0.2, -0.15) is 0 Å². The Labute approximate surface area is 161 Å². The van der Waals surface area contributed by atoms with E-state index in [0.29, 0.717) is 22.7 Å². The lowest BCUT2D eigenvalue weighted by molar-refractivity contribution is -0.144. The molecule has 2 heterocycles. The number of nitrogens with one attached hydrogen (secondary N) is 1. The normalized spacial score (nSPS) is 10.6. The molecule has 1 aromatic carbocycles. The van der Waals surface area contributed by atoms with Gasteiger partial charge in [-0.25, -0.2) is 4.98 Å². The fourth-order valence-electron chi connectivity index (χ4n) is 3.01. The van der Waals surface area contributed by atoms with E-state index in [4.69, 9.17) is 9.47 Å². The molecule has 8 heteroatoms. The summed E-state index contributed by atoms with van der Waals surface area (Å²) in [7, 11) is 3.06. The smallest absolute Gasteiger partial charge is 0.323 e. The number of nitrogens with zero attached hydrogens (tertiary/aromatic N) is 2. The second kappa shape index (κ2) is 8.43. The summed E-state index contributed by atoms with van der Waals surface area (Å²) < 4.78 is 10.5.